The van der Waals surface area contributed by atoms with E-state index < -0.39 is 0 Å². The summed E-state index contributed by atoms with van der Waals surface area (Å²) in [6.45, 7) is 1.67. The van der Waals surface area contributed by atoms with Gasteiger partial charge in [0.2, 0.25) is 0 Å². The number of ketones is 1. The fraction of sp³-hybridized carbons (Fsp3) is 0.545. The summed E-state index contributed by atoms with van der Waals surface area (Å²) >= 11 is 1.75. The van der Waals surface area contributed by atoms with Crippen LogP contribution in [0.2, 0.25) is 0 Å². The normalized spacial score (nSPS) is 17.9. The Labute approximate surface area is 82.8 Å². The number of hydrogen-bond acceptors (Lipinski definition) is 2. The first-order valence-corrected chi connectivity index (χ1v) is 5.75. The third-order valence-electron chi connectivity index (χ3n) is 2.80. The van der Waals surface area contributed by atoms with Crippen LogP contribution in [0.4, 0.5) is 0 Å². The molecule has 1 nitrogen and oxygen atoms in total. The Kier molecular flexibility index (Phi) is 2.49. The van der Waals surface area contributed by atoms with Crippen LogP contribution in [0.15, 0.2) is 11.4 Å². The van der Waals surface area contributed by atoms with Crippen molar-refractivity contribution in [2.24, 2.45) is 0 Å². The highest BCUT2D eigenvalue weighted by molar-refractivity contribution is 7.10. The molecule has 0 bridgehead atoms. The van der Waals surface area contributed by atoms with E-state index in [2.05, 4.69) is 0 Å². The van der Waals surface area contributed by atoms with Gasteiger partial charge in [-0.25, -0.2) is 0 Å². The molecule has 0 unspecified atom stereocenters. The molecular weight excluding hydrogens is 180 g/mol. The van der Waals surface area contributed by atoms with Gasteiger partial charge in [0, 0.05) is 10.4 Å². The topological polar surface area (TPSA) is 17.1 Å². The van der Waals surface area contributed by atoms with Crippen molar-refractivity contribution >= 4 is 17.1 Å². The second kappa shape index (κ2) is 3.62. The van der Waals surface area contributed by atoms with Gasteiger partial charge in [-0.05, 0) is 37.1 Å². The fourth-order valence-electron chi connectivity index (χ4n) is 2.12. The van der Waals surface area contributed by atoms with Crippen LogP contribution in [-0.2, 0) is 0 Å². The van der Waals surface area contributed by atoms with E-state index in [1.54, 1.807) is 18.3 Å². The number of carbonyl (C=O) groups is 1. The molecule has 1 aromatic heterocycles. The van der Waals surface area contributed by atoms with Crippen molar-refractivity contribution in [3.63, 3.8) is 0 Å². The summed E-state index contributed by atoms with van der Waals surface area (Å²) in [5.74, 6) is 0.905. The van der Waals surface area contributed by atoms with Crippen molar-refractivity contribution in [2.75, 3.05) is 0 Å². The zero-order valence-corrected chi connectivity index (χ0v) is 8.69. The molecule has 0 aromatic carbocycles. The predicted octanol–water partition coefficient (Wildman–Crippen LogP) is 3.61. The molecule has 1 heterocycles. The maximum atomic E-state index is 11.3. The van der Waals surface area contributed by atoms with E-state index in [9.17, 15) is 4.79 Å². The van der Waals surface area contributed by atoms with Crippen molar-refractivity contribution in [1.29, 1.82) is 0 Å². The molecule has 1 saturated carbocycles. The van der Waals surface area contributed by atoms with Gasteiger partial charge in [-0.15, -0.1) is 11.3 Å². The van der Waals surface area contributed by atoms with Gasteiger partial charge < -0.3 is 0 Å². The van der Waals surface area contributed by atoms with E-state index in [0.717, 1.165) is 5.56 Å². The van der Waals surface area contributed by atoms with Gasteiger partial charge in [0.15, 0.2) is 5.78 Å². The number of hydrogen-bond donors (Lipinski definition) is 0. The highest BCUT2D eigenvalue weighted by atomic mass is 32.1. The molecule has 1 aliphatic carbocycles. The van der Waals surface area contributed by atoms with Gasteiger partial charge >= 0.3 is 0 Å². The Morgan fingerprint density at radius 3 is 2.77 bits per heavy atom. The van der Waals surface area contributed by atoms with E-state index in [-0.39, 0.29) is 5.78 Å². The summed E-state index contributed by atoms with van der Waals surface area (Å²) in [5, 5.41) is 2.05. The Morgan fingerprint density at radius 1 is 1.46 bits per heavy atom. The molecule has 1 aromatic rings. The number of thiophene rings is 1. The number of carbonyl (C=O) groups excluding carboxylic acids is 1. The van der Waals surface area contributed by atoms with Crippen molar-refractivity contribution in [2.45, 2.75) is 38.5 Å². The molecule has 1 aliphatic rings. The number of rotatable bonds is 2. The number of Topliss-reactive ketones (excluding diaryl/α,β-unsaturated/α-hetero) is 1. The van der Waals surface area contributed by atoms with Crippen LogP contribution in [0.25, 0.3) is 0 Å². The zero-order chi connectivity index (χ0) is 9.26. The second-order valence-corrected chi connectivity index (χ2v) is 4.68. The highest BCUT2D eigenvalue weighted by Gasteiger charge is 2.22. The average molecular weight is 194 g/mol. The molecule has 0 radical (unpaired) electrons. The van der Waals surface area contributed by atoms with Gasteiger partial charge in [-0.2, -0.15) is 0 Å². The molecule has 0 saturated heterocycles. The van der Waals surface area contributed by atoms with Crippen LogP contribution in [0.3, 0.4) is 0 Å². The minimum Gasteiger partial charge on any atom is -0.294 e. The highest BCUT2D eigenvalue weighted by Crippen LogP contribution is 2.38. The van der Waals surface area contributed by atoms with Crippen LogP contribution in [0.1, 0.15) is 53.8 Å². The molecule has 0 aliphatic heterocycles. The van der Waals surface area contributed by atoms with Gasteiger partial charge in [-0.3, -0.25) is 4.79 Å². The molecule has 2 heteroatoms. The Bertz CT molecular complexity index is 308. The molecular formula is C11H14OS. The monoisotopic (exact) mass is 194 g/mol. The van der Waals surface area contributed by atoms with Gasteiger partial charge in [0.1, 0.15) is 0 Å². The van der Waals surface area contributed by atoms with E-state index in [1.165, 1.54) is 30.6 Å². The van der Waals surface area contributed by atoms with Crippen LogP contribution in [0, 0.1) is 0 Å². The average Bonchev–Trinajstić information content (AvgIpc) is 2.74. The molecule has 0 N–H and O–H groups in total. The summed E-state index contributed by atoms with van der Waals surface area (Å²) in [4.78, 5) is 12.6. The van der Waals surface area contributed by atoms with E-state index in [4.69, 9.17) is 0 Å². The molecule has 70 valence electrons. The molecule has 0 spiro atoms. The van der Waals surface area contributed by atoms with Crippen molar-refractivity contribution in [3.05, 3.63) is 21.9 Å². The fourth-order valence-corrected chi connectivity index (χ4v) is 3.23. The third kappa shape index (κ3) is 1.68. The maximum absolute atomic E-state index is 11.3. The quantitative estimate of drug-likeness (QED) is 0.657. The summed E-state index contributed by atoms with van der Waals surface area (Å²) in [5.41, 5.74) is 0.969. The second-order valence-electron chi connectivity index (χ2n) is 3.74. The summed E-state index contributed by atoms with van der Waals surface area (Å²) < 4.78 is 0. The van der Waals surface area contributed by atoms with Crippen LogP contribution < -0.4 is 0 Å². The van der Waals surface area contributed by atoms with Crippen molar-refractivity contribution in [1.82, 2.24) is 0 Å². The van der Waals surface area contributed by atoms with Gasteiger partial charge in [-0.1, -0.05) is 12.8 Å². The molecule has 2 rings (SSSR count). The van der Waals surface area contributed by atoms with Crippen molar-refractivity contribution in [3.8, 4) is 0 Å². The van der Waals surface area contributed by atoms with E-state index in [0.29, 0.717) is 5.92 Å². The maximum Gasteiger partial charge on any atom is 0.160 e. The largest absolute Gasteiger partial charge is 0.294 e. The lowest BCUT2D eigenvalue weighted by atomic mass is 10.0. The predicted molar refractivity (Wildman–Crippen MR) is 55.5 cm³/mol. The molecule has 0 amide bonds. The SMILES string of the molecule is CC(=O)c1ccsc1C1CCCC1. The van der Waals surface area contributed by atoms with E-state index in [1.807, 2.05) is 11.4 Å². The van der Waals surface area contributed by atoms with Crippen molar-refractivity contribution < 1.29 is 4.79 Å². The third-order valence-corrected chi connectivity index (χ3v) is 3.88. The molecule has 0 atom stereocenters. The first kappa shape index (κ1) is 8.95. The molecule has 1 fully saturated rings. The molecule has 13 heavy (non-hydrogen) atoms. The minimum absolute atomic E-state index is 0.225. The summed E-state index contributed by atoms with van der Waals surface area (Å²) in [6.07, 6.45) is 5.22. The van der Waals surface area contributed by atoms with Crippen LogP contribution in [-0.4, -0.2) is 5.78 Å². The van der Waals surface area contributed by atoms with Crippen LogP contribution in [0.5, 0.6) is 0 Å². The van der Waals surface area contributed by atoms with E-state index >= 15 is 0 Å². The smallest absolute Gasteiger partial charge is 0.160 e. The first-order chi connectivity index (χ1) is 6.29. The van der Waals surface area contributed by atoms with Gasteiger partial charge in [0.25, 0.3) is 0 Å². The summed E-state index contributed by atoms with van der Waals surface area (Å²) in [6, 6.07) is 1.97. The Balaban J connectivity index is 2.28. The lowest BCUT2D eigenvalue weighted by molar-refractivity contribution is 0.101. The minimum atomic E-state index is 0.225. The summed E-state index contributed by atoms with van der Waals surface area (Å²) in [7, 11) is 0. The first-order valence-electron chi connectivity index (χ1n) is 4.87. The van der Waals surface area contributed by atoms with Crippen LogP contribution >= 0.6 is 11.3 Å². The zero-order valence-electron chi connectivity index (χ0n) is 7.88. The van der Waals surface area contributed by atoms with Gasteiger partial charge in [0.05, 0.1) is 0 Å². The standard InChI is InChI=1S/C11H14OS/c1-8(12)10-6-7-13-11(10)9-4-2-3-5-9/h6-7,9H,2-5H2,1H3. The Hall–Kier alpha value is -0.630. The lowest BCUT2D eigenvalue weighted by Gasteiger charge is -2.07. The lowest BCUT2D eigenvalue weighted by Crippen LogP contribution is -1.98. The Morgan fingerprint density at radius 2 is 2.15 bits per heavy atom.